The second-order valence-corrected chi connectivity index (χ2v) is 12.1. The molecule has 0 atom stereocenters. The number of aromatic nitrogens is 1. The van der Waals surface area contributed by atoms with Crippen LogP contribution in [0.25, 0.3) is 10.2 Å². The molecule has 9 nitrogen and oxygen atoms in total. The fourth-order valence-electron chi connectivity index (χ4n) is 4.61. The van der Waals surface area contributed by atoms with Crippen LogP contribution in [0, 0.1) is 0 Å². The molecule has 0 bridgehead atoms. The van der Waals surface area contributed by atoms with Gasteiger partial charge in [-0.3, -0.25) is 9.59 Å². The van der Waals surface area contributed by atoms with E-state index in [1.165, 1.54) is 39.9 Å². The highest BCUT2D eigenvalue weighted by atomic mass is 32.2. The molecule has 1 aliphatic rings. The molecule has 38 heavy (non-hydrogen) atoms. The maximum atomic E-state index is 13.1. The molecular weight excluding hydrogens is 526 g/mol. The molecule has 4 rings (SSSR count). The van der Waals surface area contributed by atoms with Gasteiger partial charge >= 0.3 is 5.97 Å². The molecule has 2 aromatic carbocycles. The first-order chi connectivity index (χ1) is 18.2. The Hall–Kier alpha value is -3.02. The van der Waals surface area contributed by atoms with E-state index in [0.29, 0.717) is 17.2 Å². The van der Waals surface area contributed by atoms with Crippen molar-refractivity contribution in [2.75, 3.05) is 20.3 Å². The first-order valence-electron chi connectivity index (χ1n) is 12.8. The van der Waals surface area contributed by atoms with Gasteiger partial charge in [0.1, 0.15) is 12.3 Å². The zero-order valence-corrected chi connectivity index (χ0v) is 23.5. The lowest BCUT2D eigenvalue weighted by molar-refractivity contribution is -0.143. The van der Waals surface area contributed by atoms with Crippen molar-refractivity contribution in [3.63, 3.8) is 0 Å². The maximum absolute atomic E-state index is 13.1. The summed E-state index contributed by atoms with van der Waals surface area (Å²) in [6.45, 7) is 4.28. The summed E-state index contributed by atoms with van der Waals surface area (Å²) in [5, 5.41) is 0. The Labute approximate surface area is 226 Å². The highest BCUT2D eigenvalue weighted by Crippen LogP contribution is 2.27. The largest absolute Gasteiger partial charge is 0.494 e. The Bertz CT molecular complexity index is 1470. The van der Waals surface area contributed by atoms with Gasteiger partial charge in [-0.05, 0) is 69.2 Å². The van der Waals surface area contributed by atoms with Gasteiger partial charge in [-0.1, -0.05) is 30.6 Å². The van der Waals surface area contributed by atoms with Gasteiger partial charge in [0.25, 0.3) is 5.91 Å². The molecule has 3 aromatic rings. The average molecular weight is 560 g/mol. The van der Waals surface area contributed by atoms with E-state index in [0.717, 1.165) is 42.3 Å². The van der Waals surface area contributed by atoms with Crippen molar-refractivity contribution in [2.24, 2.45) is 4.99 Å². The summed E-state index contributed by atoms with van der Waals surface area (Å²) in [6, 6.07) is 11.3. The molecule has 0 unspecified atom stereocenters. The van der Waals surface area contributed by atoms with E-state index in [9.17, 15) is 18.0 Å². The smallest absolute Gasteiger partial charge is 0.326 e. The molecule has 0 saturated heterocycles. The molecule has 1 amide bonds. The molecular formula is C27H33N3O6S2. The van der Waals surface area contributed by atoms with Crippen LogP contribution in [0.5, 0.6) is 5.75 Å². The second kappa shape index (κ2) is 12.2. The van der Waals surface area contributed by atoms with Gasteiger partial charge in [0.05, 0.1) is 28.3 Å². The third kappa shape index (κ3) is 6.16. The van der Waals surface area contributed by atoms with Crippen LogP contribution in [0.4, 0.5) is 0 Å². The minimum Gasteiger partial charge on any atom is -0.494 e. The fraction of sp³-hybridized carbons (Fsp3) is 0.444. The predicted octanol–water partition coefficient (Wildman–Crippen LogP) is 4.36. The Kier molecular flexibility index (Phi) is 9.01. The number of rotatable bonds is 9. The van der Waals surface area contributed by atoms with Gasteiger partial charge in [0.2, 0.25) is 10.0 Å². The van der Waals surface area contributed by atoms with Crippen LogP contribution < -0.4 is 9.54 Å². The number of carbonyl (C=O) groups excluding carboxylic acids is 2. The normalized spacial score (nSPS) is 15.2. The number of benzene rings is 2. The number of amides is 1. The predicted molar refractivity (Wildman–Crippen MR) is 146 cm³/mol. The number of nitrogens with zero attached hydrogens (tertiary/aromatic N) is 3. The van der Waals surface area contributed by atoms with E-state index >= 15 is 0 Å². The number of hydrogen-bond donors (Lipinski definition) is 0. The Balaban J connectivity index is 1.64. The van der Waals surface area contributed by atoms with Crippen molar-refractivity contribution in [1.82, 2.24) is 8.87 Å². The number of thiazole rings is 1. The molecule has 0 spiro atoms. The summed E-state index contributed by atoms with van der Waals surface area (Å²) in [6.07, 6.45) is 4.91. The zero-order valence-electron chi connectivity index (χ0n) is 21.9. The van der Waals surface area contributed by atoms with Crippen LogP contribution in [0.3, 0.4) is 0 Å². The van der Waals surface area contributed by atoms with Crippen molar-refractivity contribution < 1.29 is 27.5 Å². The maximum Gasteiger partial charge on any atom is 0.326 e. The number of sulfonamides is 1. The third-order valence-corrected chi connectivity index (χ3v) is 9.59. The van der Waals surface area contributed by atoms with Crippen LogP contribution in [0.1, 0.15) is 56.3 Å². The van der Waals surface area contributed by atoms with Crippen LogP contribution in [-0.4, -0.2) is 55.5 Å². The lowest BCUT2D eigenvalue weighted by Crippen LogP contribution is -2.38. The van der Waals surface area contributed by atoms with Crippen LogP contribution in [0.15, 0.2) is 52.4 Å². The Morgan fingerprint density at radius 1 is 1.05 bits per heavy atom. The summed E-state index contributed by atoms with van der Waals surface area (Å²) >= 11 is 1.26. The number of ether oxygens (including phenoxy) is 2. The fourth-order valence-corrected chi connectivity index (χ4v) is 7.08. The van der Waals surface area contributed by atoms with E-state index in [-0.39, 0.29) is 29.7 Å². The molecule has 1 fully saturated rings. The van der Waals surface area contributed by atoms with Crippen LogP contribution in [0.2, 0.25) is 0 Å². The highest BCUT2D eigenvalue weighted by Gasteiger charge is 2.29. The van der Waals surface area contributed by atoms with Gasteiger partial charge in [0, 0.05) is 18.7 Å². The van der Waals surface area contributed by atoms with E-state index in [1.54, 1.807) is 24.6 Å². The van der Waals surface area contributed by atoms with E-state index in [4.69, 9.17) is 9.47 Å². The second-order valence-electron chi connectivity index (χ2n) is 9.09. The minimum absolute atomic E-state index is 0.00361. The SMILES string of the molecule is CCOC(=O)Cn1c(=NC(=O)c2ccc(S(=O)(=O)N(C)C3CCCCC3)cc2)sc2cc(OCC)ccc21. The molecule has 0 aliphatic heterocycles. The molecule has 1 saturated carbocycles. The first-order valence-corrected chi connectivity index (χ1v) is 15.1. The highest BCUT2D eigenvalue weighted by molar-refractivity contribution is 7.89. The van der Waals surface area contributed by atoms with Crippen molar-refractivity contribution >= 4 is 43.5 Å². The van der Waals surface area contributed by atoms with E-state index in [1.807, 2.05) is 19.1 Å². The minimum atomic E-state index is -3.67. The lowest BCUT2D eigenvalue weighted by atomic mass is 9.96. The molecule has 1 aliphatic carbocycles. The molecule has 0 radical (unpaired) electrons. The first kappa shape index (κ1) is 28.0. The summed E-state index contributed by atoms with van der Waals surface area (Å²) in [4.78, 5) is 30.1. The van der Waals surface area contributed by atoms with E-state index in [2.05, 4.69) is 4.99 Å². The molecule has 0 N–H and O–H groups in total. The summed E-state index contributed by atoms with van der Waals surface area (Å²) in [5.41, 5.74) is 0.977. The third-order valence-electron chi connectivity index (χ3n) is 6.62. The standard InChI is InChI=1S/C27H33N3O6S2/c1-4-35-21-13-16-23-24(17-21)37-27(30(23)18-25(31)36-5-2)28-26(32)19-11-14-22(15-12-19)38(33,34)29(3)20-9-7-6-8-10-20/h11-17,20H,4-10,18H2,1-3H3. The number of esters is 1. The molecule has 1 heterocycles. The molecule has 11 heteroatoms. The Morgan fingerprint density at radius 2 is 1.76 bits per heavy atom. The molecule has 1 aromatic heterocycles. The van der Waals surface area contributed by atoms with E-state index < -0.39 is 21.9 Å². The lowest BCUT2D eigenvalue weighted by Gasteiger charge is -2.30. The van der Waals surface area contributed by atoms with Gasteiger partial charge in [-0.15, -0.1) is 0 Å². The monoisotopic (exact) mass is 559 g/mol. The summed E-state index contributed by atoms with van der Waals surface area (Å²) in [5.74, 6) is -0.298. The van der Waals surface area contributed by atoms with Gasteiger partial charge < -0.3 is 14.0 Å². The van der Waals surface area contributed by atoms with Crippen molar-refractivity contribution in [3.8, 4) is 5.75 Å². The Morgan fingerprint density at radius 3 is 2.42 bits per heavy atom. The quantitative estimate of drug-likeness (QED) is 0.361. The van der Waals surface area contributed by atoms with Crippen LogP contribution >= 0.6 is 11.3 Å². The summed E-state index contributed by atoms with van der Waals surface area (Å²) in [7, 11) is -2.04. The number of carbonyl (C=O) groups is 2. The number of hydrogen-bond acceptors (Lipinski definition) is 7. The summed E-state index contributed by atoms with van der Waals surface area (Å²) < 4.78 is 40.9. The van der Waals surface area contributed by atoms with Crippen molar-refractivity contribution in [3.05, 3.63) is 52.8 Å². The van der Waals surface area contributed by atoms with Crippen LogP contribution in [-0.2, 0) is 26.1 Å². The van der Waals surface area contributed by atoms with Crippen molar-refractivity contribution in [2.45, 2.75) is 63.4 Å². The average Bonchev–Trinajstić information content (AvgIpc) is 3.24. The van der Waals surface area contributed by atoms with Gasteiger partial charge in [0.15, 0.2) is 4.80 Å². The zero-order chi connectivity index (χ0) is 27.3. The number of fused-ring (bicyclic) bond motifs is 1. The molecule has 204 valence electrons. The van der Waals surface area contributed by atoms with Gasteiger partial charge in [-0.25, -0.2) is 8.42 Å². The van der Waals surface area contributed by atoms with Gasteiger partial charge in [-0.2, -0.15) is 9.30 Å². The van der Waals surface area contributed by atoms with Crippen molar-refractivity contribution in [1.29, 1.82) is 0 Å². The topological polar surface area (TPSA) is 107 Å².